The first-order valence-electron chi connectivity index (χ1n) is 16.1. The first kappa shape index (κ1) is 31.1. The number of oxazole rings is 1. The van der Waals surface area contributed by atoms with E-state index in [4.69, 9.17) is 9.40 Å². The number of anilines is 2. The van der Waals surface area contributed by atoms with Crippen LogP contribution >= 0.6 is 23.7 Å². The second-order valence-electron chi connectivity index (χ2n) is 12.4. The molecule has 232 valence electrons. The Bertz CT molecular complexity index is 1420. The second kappa shape index (κ2) is 14.9. The van der Waals surface area contributed by atoms with Crippen LogP contribution in [-0.4, -0.2) is 55.0 Å². The van der Waals surface area contributed by atoms with Crippen molar-refractivity contribution < 1.29 is 4.42 Å². The number of hydrogen-bond acceptors (Lipinski definition) is 7. The van der Waals surface area contributed by atoms with Gasteiger partial charge in [0.1, 0.15) is 11.7 Å². The third-order valence-electron chi connectivity index (χ3n) is 9.18. The molecule has 2 heterocycles. The number of rotatable bonds is 11. The van der Waals surface area contributed by atoms with Crippen LogP contribution in [0.25, 0.3) is 0 Å². The monoisotopic (exact) mass is 626 g/mol. The Morgan fingerprint density at radius 3 is 2.05 bits per heavy atom. The molecule has 0 N–H and O–H groups in total. The zero-order valence-corrected chi connectivity index (χ0v) is 28.0. The summed E-state index contributed by atoms with van der Waals surface area (Å²) in [5, 5.41) is 0.472. The van der Waals surface area contributed by atoms with Crippen molar-refractivity contribution in [1.29, 1.82) is 0 Å². The van der Waals surface area contributed by atoms with E-state index >= 15 is 0 Å². The fraction of sp³-hybridized carbons (Fsp3) is 0.432. The summed E-state index contributed by atoms with van der Waals surface area (Å²) in [6.07, 6.45) is 5.53. The molecule has 3 aromatic carbocycles. The number of hydrogen-bond donors (Lipinski definition) is 0. The molecule has 1 saturated carbocycles. The summed E-state index contributed by atoms with van der Waals surface area (Å²) in [6, 6.07) is 32.7. The van der Waals surface area contributed by atoms with Crippen molar-refractivity contribution >= 4 is 35.3 Å². The second-order valence-corrected chi connectivity index (χ2v) is 15.1. The molecule has 1 aliphatic heterocycles. The minimum atomic E-state index is 0.0810. The maximum Gasteiger partial charge on any atom is 0.220 e. The topological polar surface area (TPSA) is 35.8 Å². The van der Waals surface area contributed by atoms with Crippen molar-refractivity contribution in [1.82, 2.24) is 9.29 Å². The average molecular weight is 627 g/mol. The predicted molar refractivity (Wildman–Crippen MR) is 189 cm³/mol. The van der Waals surface area contributed by atoms with Crippen LogP contribution in [0.2, 0.25) is 0 Å². The van der Waals surface area contributed by atoms with Crippen LogP contribution in [0.15, 0.2) is 95.4 Å². The van der Waals surface area contributed by atoms with E-state index < -0.39 is 0 Å². The van der Waals surface area contributed by atoms with Crippen LogP contribution in [0, 0.1) is 11.8 Å². The molecular weight excluding hydrogens is 581 g/mol. The number of para-hydroxylation sites is 1. The van der Waals surface area contributed by atoms with Crippen molar-refractivity contribution in [2.45, 2.75) is 43.4 Å². The Morgan fingerprint density at radius 2 is 1.41 bits per heavy atom. The summed E-state index contributed by atoms with van der Waals surface area (Å²) in [7, 11) is 6.58. The first-order valence-corrected chi connectivity index (χ1v) is 18.1. The average Bonchev–Trinajstić information content (AvgIpc) is 3.48. The molecule has 44 heavy (non-hydrogen) atoms. The molecule has 1 aromatic heterocycles. The standard InChI is InChI=1S/C37H46N4OS2/c1-39(2)44-35(30-15-9-5-10-16-30)31-21-19-29(20-22-31)34(40(3)32-17-11-6-12-18-32)36-38-33(27-28-13-7-4-8-14-28)37(42-36)41-23-25-43-26-24-41/h4-18,29,31,34-35H,19-27H2,1-3H3. The molecule has 2 aliphatic rings. The summed E-state index contributed by atoms with van der Waals surface area (Å²) in [6.45, 7) is 2.02. The van der Waals surface area contributed by atoms with Crippen LogP contribution in [0.3, 0.4) is 0 Å². The van der Waals surface area contributed by atoms with Crippen molar-refractivity contribution in [2.24, 2.45) is 11.8 Å². The number of nitrogens with zero attached hydrogens (tertiary/aromatic N) is 4. The summed E-state index contributed by atoms with van der Waals surface area (Å²) >= 11 is 4.00. The zero-order valence-electron chi connectivity index (χ0n) is 26.3. The molecule has 2 atom stereocenters. The summed E-state index contributed by atoms with van der Waals surface area (Å²) < 4.78 is 9.21. The molecule has 1 aliphatic carbocycles. The normalized spacial score (nSPS) is 20.4. The molecule has 5 nitrogen and oxygen atoms in total. The molecule has 4 aromatic rings. The Morgan fingerprint density at radius 1 is 0.818 bits per heavy atom. The van der Waals surface area contributed by atoms with E-state index in [0.717, 1.165) is 61.3 Å². The molecule has 6 rings (SSSR count). The molecule has 0 spiro atoms. The van der Waals surface area contributed by atoms with Gasteiger partial charge in [-0.2, -0.15) is 11.8 Å². The Hall–Kier alpha value is -2.87. The number of aromatic nitrogens is 1. The summed E-state index contributed by atoms with van der Waals surface area (Å²) in [5.74, 6) is 5.22. The highest BCUT2D eigenvalue weighted by atomic mass is 32.2. The lowest BCUT2D eigenvalue weighted by molar-refractivity contribution is 0.219. The van der Waals surface area contributed by atoms with Gasteiger partial charge in [-0.15, -0.1) is 0 Å². The van der Waals surface area contributed by atoms with E-state index in [1.165, 1.54) is 29.7 Å². The smallest absolute Gasteiger partial charge is 0.220 e. The van der Waals surface area contributed by atoms with E-state index in [0.29, 0.717) is 17.1 Å². The van der Waals surface area contributed by atoms with Crippen molar-refractivity contribution in [3.05, 3.63) is 114 Å². The molecule has 7 heteroatoms. The number of benzene rings is 3. The largest absolute Gasteiger partial charge is 0.423 e. The fourth-order valence-corrected chi connectivity index (χ4v) is 9.05. The van der Waals surface area contributed by atoms with E-state index in [-0.39, 0.29) is 6.04 Å². The lowest BCUT2D eigenvalue weighted by atomic mass is 9.75. The molecule has 2 unspecified atom stereocenters. The van der Waals surface area contributed by atoms with Crippen molar-refractivity contribution in [2.75, 3.05) is 55.5 Å². The van der Waals surface area contributed by atoms with Crippen molar-refractivity contribution in [3.63, 3.8) is 0 Å². The van der Waals surface area contributed by atoms with Crippen LogP contribution in [0.1, 0.15) is 59.7 Å². The predicted octanol–water partition coefficient (Wildman–Crippen LogP) is 8.75. The fourth-order valence-electron chi connectivity index (χ4n) is 6.97. The molecule has 1 saturated heterocycles. The van der Waals surface area contributed by atoms with Gasteiger partial charge in [0.2, 0.25) is 11.8 Å². The van der Waals surface area contributed by atoms with Gasteiger partial charge in [-0.05, 0) is 74.9 Å². The van der Waals surface area contributed by atoms with Gasteiger partial charge in [-0.3, -0.25) is 4.31 Å². The van der Waals surface area contributed by atoms with E-state index in [1.807, 2.05) is 23.7 Å². The molecule has 2 fully saturated rings. The van der Waals surface area contributed by atoms with Crippen LogP contribution in [0.4, 0.5) is 11.6 Å². The summed E-state index contributed by atoms with van der Waals surface area (Å²) in [4.78, 5) is 10.2. The molecule has 0 amide bonds. The lowest BCUT2D eigenvalue weighted by Crippen LogP contribution is -2.34. The molecular formula is C37H46N4OS2. The van der Waals surface area contributed by atoms with Crippen LogP contribution in [0.5, 0.6) is 0 Å². The molecule has 0 bridgehead atoms. The van der Waals surface area contributed by atoms with E-state index in [1.54, 1.807) is 0 Å². The van der Waals surface area contributed by atoms with Crippen molar-refractivity contribution in [3.8, 4) is 0 Å². The number of thioether (sulfide) groups is 1. The van der Waals surface area contributed by atoms with Gasteiger partial charge >= 0.3 is 0 Å². The summed E-state index contributed by atoms with van der Waals surface area (Å²) in [5.41, 5.74) is 5.00. The maximum atomic E-state index is 6.93. The van der Waals surface area contributed by atoms with Crippen LogP contribution < -0.4 is 9.80 Å². The van der Waals surface area contributed by atoms with E-state index in [9.17, 15) is 0 Å². The quantitative estimate of drug-likeness (QED) is 0.154. The Kier molecular flexibility index (Phi) is 10.6. The highest BCUT2D eigenvalue weighted by Crippen LogP contribution is 2.49. The Labute approximate surface area is 272 Å². The van der Waals surface area contributed by atoms with Gasteiger partial charge in [-0.1, -0.05) is 90.8 Å². The minimum absolute atomic E-state index is 0.0810. The Balaban J connectivity index is 1.31. The first-order chi connectivity index (χ1) is 21.6. The zero-order chi connectivity index (χ0) is 30.3. The minimum Gasteiger partial charge on any atom is -0.423 e. The van der Waals surface area contributed by atoms with Gasteiger partial charge in [-0.25, -0.2) is 4.98 Å². The van der Waals surface area contributed by atoms with E-state index in [2.05, 4.69) is 126 Å². The van der Waals surface area contributed by atoms with Gasteiger partial charge < -0.3 is 14.2 Å². The van der Waals surface area contributed by atoms with Gasteiger partial charge in [0.25, 0.3) is 0 Å². The maximum absolute atomic E-state index is 6.93. The SMILES string of the molecule is CN(C)SC(c1ccccc1)C1CCC(C(c2nc(Cc3ccccc3)c(N3CCSCC3)o2)N(C)c2ccccc2)CC1. The van der Waals surface area contributed by atoms with Gasteiger partial charge in [0, 0.05) is 49.0 Å². The highest BCUT2D eigenvalue weighted by Gasteiger charge is 2.38. The third-order valence-corrected chi connectivity index (χ3v) is 11.4. The third kappa shape index (κ3) is 7.49. The van der Waals surface area contributed by atoms with Gasteiger partial charge in [0.15, 0.2) is 0 Å². The van der Waals surface area contributed by atoms with Gasteiger partial charge in [0.05, 0.1) is 0 Å². The molecule has 0 radical (unpaired) electrons. The highest BCUT2D eigenvalue weighted by molar-refractivity contribution is 7.99. The van der Waals surface area contributed by atoms with Crippen LogP contribution in [-0.2, 0) is 6.42 Å². The lowest BCUT2D eigenvalue weighted by Gasteiger charge is -2.40.